The maximum Gasteiger partial charge on any atom is 0.0597 e. The molecular formula is C13H26Cl2N4O. The van der Waals surface area contributed by atoms with Crippen LogP contribution in [0.25, 0.3) is 0 Å². The Hall–Kier alpha value is -0.330. The van der Waals surface area contributed by atoms with Gasteiger partial charge in [0.25, 0.3) is 0 Å². The van der Waals surface area contributed by atoms with Gasteiger partial charge in [0.05, 0.1) is 24.6 Å². The van der Waals surface area contributed by atoms with Gasteiger partial charge in [0.2, 0.25) is 0 Å². The molecule has 1 aliphatic rings. The standard InChI is InChI=1S/C13H24N4O.2ClH/c1-12-10-13(16(2)15-12)11-14-4-3-5-17-6-8-18-9-7-17;;/h10,14H,3-9,11H2,1-2H3;2*1H. The highest BCUT2D eigenvalue weighted by atomic mass is 35.5. The van der Waals surface area contributed by atoms with Crippen LogP contribution >= 0.6 is 24.8 Å². The van der Waals surface area contributed by atoms with Gasteiger partial charge in [0.15, 0.2) is 0 Å². The van der Waals surface area contributed by atoms with Crippen LogP contribution in [0.5, 0.6) is 0 Å². The molecule has 1 N–H and O–H groups in total. The van der Waals surface area contributed by atoms with Crippen LogP contribution in [0.2, 0.25) is 0 Å². The smallest absolute Gasteiger partial charge is 0.0597 e. The van der Waals surface area contributed by atoms with Crippen LogP contribution in [0, 0.1) is 6.92 Å². The summed E-state index contributed by atoms with van der Waals surface area (Å²) < 4.78 is 7.28. The van der Waals surface area contributed by atoms with Gasteiger partial charge in [0, 0.05) is 26.7 Å². The average Bonchev–Trinajstić information content (AvgIpc) is 2.69. The van der Waals surface area contributed by atoms with Crippen molar-refractivity contribution in [3.63, 3.8) is 0 Å². The molecular weight excluding hydrogens is 299 g/mol. The minimum Gasteiger partial charge on any atom is -0.379 e. The number of nitrogens with one attached hydrogen (secondary N) is 1. The number of nitrogens with zero attached hydrogens (tertiary/aromatic N) is 3. The summed E-state index contributed by atoms with van der Waals surface area (Å²) in [6, 6.07) is 2.13. The summed E-state index contributed by atoms with van der Waals surface area (Å²) in [4.78, 5) is 2.47. The van der Waals surface area contributed by atoms with Crippen LogP contribution < -0.4 is 5.32 Å². The summed E-state index contributed by atoms with van der Waals surface area (Å²) in [5.41, 5.74) is 2.33. The van der Waals surface area contributed by atoms with Gasteiger partial charge >= 0.3 is 0 Å². The van der Waals surface area contributed by atoms with Crippen molar-refractivity contribution in [3.05, 3.63) is 17.5 Å². The maximum absolute atomic E-state index is 5.33. The zero-order valence-electron chi connectivity index (χ0n) is 12.3. The van der Waals surface area contributed by atoms with E-state index in [0.717, 1.165) is 45.1 Å². The molecule has 1 aromatic heterocycles. The van der Waals surface area contributed by atoms with E-state index in [4.69, 9.17) is 4.74 Å². The summed E-state index contributed by atoms with van der Waals surface area (Å²) >= 11 is 0. The summed E-state index contributed by atoms with van der Waals surface area (Å²) in [5.74, 6) is 0. The average molecular weight is 325 g/mol. The third kappa shape index (κ3) is 6.41. The van der Waals surface area contributed by atoms with Gasteiger partial charge in [-0.3, -0.25) is 9.58 Å². The number of morpholine rings is 1. The second-order valence-electron chi connectivity index (χ2n) is 4.89. The zero-order chi connectivity index (χ0) is 12.8. The van der Waals surface area contributed by atoms with Crippen LogP contribution in [-0.2, 0) is 18.3 Å². The molecule has 2 heterocycles. The van der Waals surface area contributed by atoms with Crippen LogP contribution in [0.15, 0.2) is 6.07 Å². The minimum atomic E-state index is 0. The fourth-order valence-corrected chi connectivity index (χ4v) is 2.30. The van der Waals surface area contributed by atoms with E-state index in [0.29, 0.717) is 0 Å². The van der Waals surface area contributed by atoms with E-state index in [1.165, 1.54) is 18.7 Å². The molecule has 0 spiro atoms. The number of hydrogen-bond acceptors (Lipinski definition) is 4. The summed E-state index contributed by atoms with van der Waals surface area (Å²) in [6.45, 7) is 9.11. The van der Waals surface area contributed by atoms with Gasteiger partial charge in [-0.25, -0.2) is 0 Å². The molecule has 0 aliphatic carbocycles. The van der Waals surface area contributed by atoms with Gasteiger partial charge in [-0.2, -0.15) is 5.10 Å². The number of aryl methyl sites for hydroxylation is 2. The predicted molar refractivity (Wildman–Crippen MR) is 86.0 cm³/mol. The third-order valence-electron chi connectivity index (χ3n) is 3.34. The van der Waals surface area contributed by atoms with Crippen LogP contribution in [0.3, 0.4) is 0 Å². The molecule has 0 unspecified atom stereocenters. The van der Waals surface area contributed by atoms with Crippen molar-refractivity contribution < 1.29 is 4.74 Å². The normalized spacial score (nSPS) is 15.5. The Morgan fingerprint density at radius 3 is 2.60 bits per heavy atom. The number of rotatable bonds is 6. The van der Waals surface area contributed by atoms with E-state index in [9.17, 15) is 0 Å². The molecule has 7 heteroatoms. The van der Waals surface area contributed by atoms with Crippen molar-refractivity contribution in [2.75, 3.05) is 39.4 Å². The van der Waals surface area contributed by atoms with E-state index < -0.39 is 0 Å². The van der Waals surface area contributed by atoms with Gasteiger partial charge in [-0.15, -0.1) is 24.8 Å². The van der Waals surface area contributed by atoms with Crippen molar-refractivity contribution in [1.82, 2.24) is 20.0 Å². The molecule has 118 valence electrons. The molecule has 1 aromatic rings. The van der Waals surface area contributed by atoms with Crippen LogP contribution in [0.1, 0.15) is 17.8 Å². The molecule has 2 rings (SSSR count). The molecule has 0 amide bonds. The highest BCUT2D eigenvalue weighted by Gasteiger charge is 2.09. The Kier molecular flexibility index (Phi) is 10.2. The molecule has 1 fully saturated rings. The van der Waals surface area contributed by atoms with E-state index >= 15 is 0 Å². The van der Waals surface area contributed by atoms with Crippen molar-refractivity contribution >= 4 is 24.8 Å². The molecule has 5 nitrogen and oxygen atoms in total. The fraction of sp³-hybridized carbons (Fsp3) is 0.769. The van der Waals surface area contributed by atoms with Gasteiger partial charge in [0.1, 0.15) is 0 Å². The summed E-state index contributed by atoms with van der Waals surface area (Å²) in [5, 5.41) is 7.81. The molecule has 0 saturated carbocycles. The largest absolute Gasteiger partial charge is 0.379 e. The summed E-state index contributed by atoms with van der Waals surface area (Å²) in [6.07, 6.45) is 1.19. The van der Waals surface area contributed by atoms with Crippen LogP contribution in [0.4, 0.5) is 0 Å². The number of ether oxygens (including phenoxy) is 1. The first-order valence-electron chi connectivity index (χ1n) is 6.76. The molecule has 0 bridgehead atoms. The van der Waals surface area contributed by atoms with Crippen molar-refractivity contribution in [3.8, 4) is 0 Å². The lowest BCUT2D eigenvalue weighted by Crippen LogP contribution is -2.37. The van der Waals surface area contributed by atoms with Crippen molar-refractivity contribution in [1.29, 1.82) is 0 Å². The number of hydrogen-bond donors (Lipinski definition) is 1. The Bertz CT molecular complexity index is 367. The van der Waals surface area contributed by atoms with E-state index in [2.05, 4.69) is 21.4 Å². The highest BCUT2D eigenvalue weighted by molar-refractivity contribution is 5.85. The number of aromatic nitrogens is 2. The van der Waals surface area contributed by atoms with E-state index in [1.807, 2.05) is 18.7 Å². The first kappa shape index (κ1) is 19.7. The maximum atomic E-state index is 5.33. The number of halogens is 2. The highest BCUT2D eigenvalue weighted by Crippen LogP contribution is 2.01. The quantitative estimate of drug-likeness (QED) is 0.803. The molecule has 0 atom stereocenters. The molecule has 1 aliphatic heterocycles. The molecule has 1 saturated heterocycles. The predicted octanol–water partition coefficient (Wildman–Crippen LogP) is 1.38. The van der Waals surface area contributed by atoms with Gasteiger partial charge in [-0.1, -0.05) is 0 Å². The van der Waals surface area contributed by atoms with E-state index in [-0.39, 0.29) is 24.8 Å². The molecule has 0 radical (unpaired) electrons. The summed E-state index contributed by atoms with van der Waals surface area (Å²) in [7, 11) is 2.00. The Labute approximate surface area is 133 Å². The lowest BCUT2D eigenvalue weighted by atomic mass is 10.3. The van der Waals surface area contributed by atoms with Crippen molar-refractivity contribution in [2.24, 2.45) is 7.05 Å². The lowest BCUT2D eigenvalue weighted by Gasteiger charge is -2.26. The van der Waals surface area contributed by atoms with Crippen LogP contribution in [-0.4, -0.2) is 54.1 Å². The van der Waals surface area contributed by atoms with Crippen molar-refractivity contribution in [2.45, 2.75) is 19.9 Å². The third-order valence-corrected chi connectivity index (χ3v) is 3.34. The zero-order valence-corrected chi connectivity index (χ0v) is 13.9. The minimum absolute atomic E-state index is 0. The van der Waals surface area contributed by atoms with Gasteiger partial charge in [-0.05, 0) is 32.5 Å². The molecule has 20 heavy (non-hydrogen) atoms. The SMILES string of the molecule is Cc1cc(CNCCCN2CCOCC2)n(C)n1.Cl.Cl. The monoisotopic (exact) mass is 324 g/mol. The Morgan fingerprint density at radius 1 is 1.30 bits per heavy atom. The van der Waals surface area contributed by atoms with Gasteiger partial charge < -0.3 is 10.1 Å². The lowest BCUT2D eigenvalue weighted by molar-refractivity contribution is 0.0374. The Morgan fingerprint density at radius 2 is 2.00 bits per heavy atom. The molecule has 0 aromatic carbocycles. The fourth-order valence-electron chi connectivity index (χ4n) is 2.30. The topological polar surface area (TPSA) is 42.3 Å². The first-order chi connectivity index (χ1) is 8.75. The van der Waals surface area contributed by atoms with E-state index in [1.54, 1.807) is 0 Å². The second-order valence-corrected chi connectivity index (χ2v) is 4.89. The Balaban J connectivity index is 0.00000180. The second kappa shape index (κ2) is 10.4. The first-order valence-corrected chi connectivity index (χ1v) is 6.76.